The molecule has 0 aliphatic heterocycles. The molecule has 3 aromatic carbocycles. The van der Waals surface area contributed by atoms with Gasteiger partial charge in [-0.3, -0.25) is 9.59 Å². The maximum Gasteiger partial charge on any atom is 0.326 e. The molecule has 3 aromatic rings. The average Bonchev–Trinajstić information content (AvgIpc) is 2.72. The minimum atomic E-state index is -1.19. The van der Waals surface area contributed by atoms with E-state index >= 15 is 0 Å². The van der Waals surface area contributed by atoms with Crippen molar-refractivity contribution in [2.75, 3.05) is 0 Å². The first kappa shape index (κ1) is 22.0. The molecule has 6 nitrogen and oxygen atoms in total. The Hall–Kier alpha value is -3.74. The lowest BCUT2D eigenvalue weighted by atomic mass is 10.0. The van der Waals surface area contributed by atoms with Crippen molar-refractivity contribution in [1.29, 1.82) is 0 Å². The third-order valence-electron chi connectivity index (χ3n) is 4.89. The quantitative estimate of drug-likeness (QED) is 0.520. The molecule has 0 heterocycles. The highest BCUT2D eigenvalue weighted by Crippen LogP contribution is 2.17. The molecule has 0 saturated carbocycles. The zero-order valence-electron chi connectivity index (χ0n) is 17.0. The lowest BCUT2D eigenvalue weighted by molar-refractivity contribution is -0.142. The van der Waals surface area contributed by atoms with Crippen molar-refractivity contribution >= 4 is 28.6 Å². The average molecular weight is 422 g/mol. The highest BCUT2D eigenvalue weighted by atomic mass is 19.1. The summed E-state index contributed by atoms with van der Waals surface area (Å²) in [5.41, 5.74) is 1.27. The van der Waals surface area contributed by atoms with Gasteiger partial charge in [0.2, 0.25) is 11.8 Å². The van der Waals surface area contributed by atoms with Gasteiger partial charge in [-0.15, -0.1) is 0 Å². The number of carboxylic acid groups (broad SMARTS) is 1. The summed E-state index contributed by atoms with van der Waals surface area (Å²) in [6, 6.07) is 16.8. The van der Waals surface area contributed by atoms with Crippen LogP contribution in [0.15, 0.2) is 66.7 Å². The molecule has 2 amide bonds. The van der Waals surface area contributed by atoms with Crippen molar-refractivity contribution in [3.8, 4) is 0 Å². The van der Waals surface area contributed by atoms with Gasteiger partial charge >= 0.3 is 5.97 Å². The van der Waals surface area contributed by atoms with E-state index in [1.165, 1.54) is 25.1 Å². The molecule has 0 radical (unpaired) electrons. The molecule has 7 heteroatoms. The Morgan fingerprint density at radius 2 is 1.52 bits per heavy atom. The Morgan fingerprint density at radius 3 is 2.19 bits per heavy atom. The highest BCUT2D eigenvalue weighted by molar-refractivity contribution is 5.90. The van der Waals surface area contributed by atoms with E-state index in [2.05, 4.69) is 10.6 Å². The van der Waals surface area contributed by atoms with E-state index in [1.54, 1.807) is 6.07 Å². The summed E-state index contributed by atoms with van der Waals surface area (Å²) in [4.78, 5) is 36.2. The van der Waals surface area contributed by atoms with Gasteiger partial charge in [-0.05, 0) is 34.0 Å². The highest BCUT2D eigenvalue weighted by Gasteiger charge is 2.26. The predicted octanol–water partition coefficient (Wildman–Crippen LogP) is 2.84. The van der Waals surface area contributed by atoms with E-state index in [9.17, 15) is 23.9 Å². The van der Waals surface area contributed by atoms with Crippen LogP contribution in [-0.2, 0) is 27.2 Å². The van der Waals surface area contributed by atoms with E-state index in [0.29, 0.717) is 5.56 Å². The van der Waals surface area contributed by atoms with Crippen LogP contribution in [-0.4, -0.2) is 35.0 Å². The number of benzene rings is 3. The van der Waals surface area contributed by atoms with Crippen LogP contribution in [0.5, 0.6) is 0 Å². The minimum Gasteiger partial charge on any atom is -0.480 e. The number of nitrogens with one attached hydrogen (secondary N) is 2. The van der Waals surface area contributed by atoms with Crippen molar-refractivity contribution < 1.29 is 23.9 Å². The summed E-state index contributed by atoms with van der Waals surface area (Å²) < 4.78 is 13.5. The summed E-state index contributed by atoms with van der Waals surface area (Å²) in [6.07, 6.45) is 0.115. The summed E-state index contributed by atoms with van der Waals surface area (Å²) in [6.45, 7) is 1.26. The van der Waals surface area contributed by atoms with Gasteiger partial charge in [0.1, 0.15) is 17.9 Å². The van der Waals surface area contributed by atoms with Crippen LogP contribution >= 0.6 is 0 Å². The summed E-state index contributed by atoms with van der Waals surface area (Å²) in [5.74, 6) is -2.74. The number of hydrogen-bond donors (Lipinski definition) is 3. The van der Waals surface area contributed by atoms with Crippen LogP contribution in [0.4, 0.5) is 4.39 Å². The Bertz CT molecular complexity index is 1120. The maximum absolute atomic E-state index is 13.5. The molecule has 31 heavy (non-hydrogen) atoms. The number of fused-ring (bicyclic) bond motifs is 1. The van der Waals surface area contributed by atoms with Crippen LogP contribution in [0, 0.1) is 5.82 Å². The smallest absolute Gasteiger partial charge is 0.326 e. The summed E-state index contributed by atoms with van der Waals surface area (Å²) in [7, 11) is 0. The molecule has 0 spiro atoms. The number of aliphatic carboxylic acids is 1. The monoisotopic (exact) mass is 422 g/mol. The number of hydrogen-bond acceptors (Lipinski definition) is 3. The fraction of sp³-hybridized carbons (Fsp3) is 0.208. The fourth-order valence-electron chi connectivity index (χ4n) is 3.43. The normalized spacial score (nSPS) is 12.7. The molecule has 0 bridgehead atoms. The molecule has 0 aliphatic carbocycles. The van der Waals surface area contributed by atoms with Gasteiger partial charge in [0.15, 0.2) is 0 Å². The van der Waals surface area contributed by atoms with Gasteiger partial charge in [-0.1, -0.05) is 54.6 Å². The predicted molar refractivity (Wildman–Crippen MR) is 115 cm³/mol. The lowest BCUT2D eigenvalue weighted by Crippen LogP contribution is -2.52. The fourth-order valence-corrected chi connectivity index (χ4v) is 3.43. The molecule has 3 rings (SSSR count). The van der Waals surface area contributed by atoms with Crippen LogP contribution in [0.2, 0.25) is 0 Å². The number of amides is 2. The van der Waals surface area contributed by atoms with E-state index in [0.717, 1.165) is 16.3 Å². The van der Waals surface area contributed by atoms with Crippen molar-refractivity contribution in [2.24, 2.45) is 0 Å². The number of rotatable bonds is 8. The van der Waals surface area contributed by atoms with Gasteiger partial charge in [-0.25, -0.2) is 9.18 Å². The van der Waals surface area contributed by atoms with Gasteiger partial charge in [0.25, 0.3) is 0 Å². The van der Waals surface area contributed by atoms with Gasteiger partial charge in [0, 0.05) is 19.8 Å². The second-order valence-electron chi connectivity index (χ2n) is 7.37. The first-order chi connectivity index (χ1) is 14.8. The van der Waals surface area contributed by atoms with Gasteiger partial charge in [-0.2, -0.15) is 0 Å². The van der Waals surface area contributed by atoms with Crippen molar-refractivity contribution in [3.63, 3.8) is 0 Å². The molecule has 0 aromatic heterocycles. The van der Waals surface area contributed by atoms with E-state index < -0.39 is 35.7 Å². The number of carbonyl (C=O) groups is 3. The first-order valence-corrected chi connectivity index (χ1v) is 9.84. The topological polar surface area (TPSA) is 95.5 Å². The standard InChI is InChI=1S/C24H23FN2O4/c1-15(28)26-21(13-16-5-4-8-20(25)12-16)23(29)27-22(24(30)31)14-17-9-10-18-6-2-3-7-19(18)11-17/h2-12,21-22H,13-14H2,1H3,(H,26,28)(H,27,29)(H,30,31)/t21-,22+/m0/s1. The second-order valence-corrected chi connectivity index (χ2v) is 7.37. The number of carbonyl (C=O) groups excluding carboxylic acids is 2. The van der Waals surface area contributed by atoms with Gasteiger partial charge in [0.05, 0.1) is 0 Å². The Labute approximate surface area is 179 Å². The molecule has 0 saturated heterocycles. The minimum absolute atomic E-state index is 0.0332. The summed E-state index contributed by atoms with van der Waals surface area (Å²) in [5, 5.41) is 16.7. The maximum atomic E-state index is 13.5. The Morgan fingerprint density at radius 1 is 0.839 bits per heavy atom. The van der Waals surface area contributed by atoms with Crippen LogP contribution in [0.1, 0.15) is 18.1 Å². The van der Waals surface area contributed by atoms with E-state index in [1.807, 2.05) is 42.5 Å². The molecule has 3 N–H and O–H groups in total. The van der Waals surface area contributed by atoms with Crippen LogP contribution in [0.25, 0.3) is 10.8 Å². The first-order valence-electron chi connectivity index (χ1n) is 9.84. The Kier molecular flexibility index (Phi) is 6.97. The zero-order valence-corrected chi connectivity index (χ0v) is 17.0. The molecular weight excluding hydrogens is 399 g/mol. The van der Waals surface area contributed by atoms with Crippen LogP contribution in [0.3, 0.4) is 0 Å². The van der Waals surface area contributed by atoms with Crippen molar-refractivity contribution in [2.45, 2.75) is 31.8 Å². The number of halogens is 1. The number of carboxylic acids is 1. The Balaban J connectivity index is 1.75. The van der Waals surface area contributed by atoms with Crippen molar-refractivity contribution in [1.82, 2.24) is 10.6 Å². The second kappa shape index (κ2) is 9.84. The van der Waals surface area contributed by atoms with Crippen molar-refractivity contribution in [3.05, 3.63) is 83.7 Å². The summed E-state index contributed by atoms with van der Waals surface area (Å²) >= 11 is 0. The molecule has 2 atom stereocenters. The third kappa shape index (κ3) is 6.12. The zero-order chi connectivity index (χ0) is 22.4. The third-order valence-corrected chi connectivity index (χ3v) is 4.89. The molecule has 0 unspecified atom stereocenters. The van der Waals surface area contributed by atoms with Gasteiger partial charge < -0.3 is 15.7 Å². The molecule has 0 fully saturated rings. The molecule has 0 aliphatic rings. The SMILES string of the molecule is CC(=O)N[C@@H](Cc1cccc(F)c1)C(=O)N[C@H](Cc1ccc2ccccc2c1)C(=O)O. The van der Waals surface area contributed by atoms with Crippen LogP contribution < -0.4 is 10.6 Å². The molecule has 160 valence electrons. The van der Waals surface area contributed by atoms with E-state index in [-0.39, 0.29) is 12.8 Å². The molecular formula is C24H23FN2O4. The van der Waals surface area contributed by atoms with E-state index in [4.69, 9.17) is 0 Å². The largest absolute Gasteiger partial charge is 0.480 e. The lowest BCUT2D eigenvalue weighted by Gasteiger charge is -2.21.